The predicted octanol–water partition coefficient (Wildman–Crippen LogP) is 13.1. The van der Waals surface area contributed by atoms with Gasteiger partial charge in [-0.3, -0.25) is 0 Å². The van der Waals surface area contributed by atoms with E-state index in [9.17, 15) is 0 Å². The third kappa shape index (κ3) is 4.19. The second-order valence-corrected chi connectivity index (χ2v) is 13.3. The van der Waals surface area contributed by atoms with E-state index in [0.717, 1.165) is 44.4 Å². The number of rotatable bonds is 4. The summed E-state index contributed by atoms with van der Waals surface area (Å²) in [6.07, 6.45) is 0. The van der Waals surface area contributed by atoms with Crippen LogP contribution in [-0.4, -0.2) is 9.13 Å². The zero-order chi connectivity index (χ0) is 33.5. The molecule has 11 aromatic rings. The molecule has 0 atom stereocenters. The Hall–Kier alpha value is -6.84. The first-order valence-electron chi connectivity index (χ1n) is 17.4. The number of furan rings is 1. The van der Waals surface area contributed by atoms with Crippen molar-refractivity contribution in [3.63, 3.8) is 0 Å². The van der Waals surface area contributed by atoms with Crippen LogP contribution >= 0.6 is 0 Å². The fraction of sp³-hybridized carbons (Fsp3) is 0. The van der Waals surface area contributed by atoms with Gasteiger partial charge in [-0.15, -0.1) is 0 Å². The summed E-state index contributed by atoms with van der Waals surface area (Å²) in [6, 6.07) is 65.5. The number of benzene rings is 8. The summed E-state index contributed by atoms with van der Waals surface area (Å²) in [6.45, 7) is 0. The van der Waals surface area contributed by atoms with Crippen LogP contribution in [0.2, 0.25) is 0 Å². The molecule has 11 rings (SSSR count). The molecule has 238 valence electrons. The van der Waals surface area contributed by atoms with E-state index in [0.29, 0.717) is 0 Å². The second kappa shape index (κ2) is 10.8. The summed E-state index contributed by atoms with van der Waals surface area (Å²) in [4.78, 5) is 0. The zero-order valence-corrected chi connectivity index (χ0v) is 27.6. The van der Waals surface area contributed by atoms with Gasteiger partial charge in [0.25, 0.3) is 0 Å². The average Bonchev–Trinajstić information content (AvgIpc) is 3.85. The van der Waals surface area contributed by atoms with E-state index in [2.05, 4.69) is 179 Å². The summed E-state index contributed by atoms with van der Waals surface area (Å²) < 4.78 is 11.2. The van der Waals surface area contributed by atoms with Gasteiger partial charge < -0.3 is 13.6 Å². The molecular weight excluding hydrogens is 621 g/mol. The van der Waals surface area contributed by atoms with Crippen LogP contribution in [0.1, 0.15) is 0 Å². The molecule has 0 fully saturated rings. The maximum atomic E-state index is 6.27. The lowest BCUT2D eigenvalue weighted by molar-refractivity contribution is 0.669. The fourth-order valence-electron chi connectivity index (χ4n) is 8.24. The van der Waals surface area contributed by atoms with Gasteiger partial charge >= 0.3 is 0 Å². The molecule has 0 amide bonds. The highest BCUT2D eigenvalue weighted by Crippen LogP contribution is 2.43. The Bertz CT molecular complexity index is 3140. The number of hydrogen-bond acceptors (Lipinski definition) is 1. The van der Waals surface area contributed by atoms with Crippen LogP contribution in [0.4, 0.5) is 0 Å². The van der Waals surface area contributed by atoms with Crippen LogP contribution in [0, 0.1) is 0 Å². The van der Waals surface area contributed by atoms with Crippen LogP contribution in [-0.2, 0) is 0 Å². The first-order valence-corrected chi connectivity index (χ1v) is 17.4. The number of fused-ring (bicyclic) bond motifs is 10. The van der Waals surface area contributed by atoms with Gasteiger partial charge in [0.15, 0.2) is 0 Å². The molecule has 3 aromatic heterocycles. The van der Waals surface area contributed by atoms with Gasteiger partial charge in [-0.2, -0.15) is 0 Å². The van der Waals surface area contributed by atoms with E-state index in [1.54, 1.807) is 0 Å². The van der Waals surface area contributed by atoms with Crippen molar-refractivity contribution in [1.29, 1.82) is 0 Å². The highest BCUT2D eigenvalue weighted by atomic mass is 16.3. The normalized spacial score (nSPS) is 11.9. The van der Waals surface area contributed by atoms with Gasteiger partial charge in [-0.1, -0.05) is 121 Å². The molecule has 0 saturated carbocycles. The smallest absolute Gasteiger partial charge is 0.136 e. The molecule has 0 bridgehead atoms. The molecule has 0 N–H and O–H groups in total. The van der Waals surface area contributed by atoms with Gasteiger partial charge in [0, 0.05) is 43.7 Å². The average molecular weight is 651 g/mol. The van der Waals surface area contributed by atoms with E-state index in [1.807, 2.05) is 12.1 Å². The molecule has 0 spiro atoms. The molecule has 3 heterocycles. The Morgan fingerprint density at radius 1 is 0.314 bits per heavy atom. The van der Waals surface area contributed by atoms with Crippen molar-refractivity contribution in [3.8, 4) is 33.6 Å². The summed E-state index contributed by atoms with van der Waals surface area (Å²) >= 11 is 0. The number of para-hydroxylation sites is 3. The molecule has 0 aliphatic rings. The van der Waals surface area contributed by atoms with Crippen LogP contribution in [0.5, 0.6) is 0 Å². The van der Waals surface area contributed by atoms with Crippen LogP contribution in [0.15, 0.2) is 186 Å². The third-order valence-corrected chi connectivity index (χ3v) is 10.5. The third-order valence-electron chi connectivity index (χ3n) is 10.5. The van der Waals surface area contributed by atoms with Crippen molar-refractivity contribution in [1.82, 2.24) is 9.13 Å². The van der Waals surface area contributed by atoms with E-state index >= 15 is 0 Å². The predicted molar refractivity (Wildman–Crippen MR) is 213 cm³/mol. The lowest BCUT2D eigenvalue weighted by atomic mass is 10.0. The van der Waals surface area contributed by atoms with Crippen molar-refractivity contribution in [3.05, 3.63) is 182 Å². The Labute approximate surface area is 293 Å². The van der Waals surface area contributed by atoms with Crippen molar-refractivity contribution in [2.45, 2.75) is 0 Å². The summed E-state index contributed by atoms with van der Waals surface area (Å²) in [5.41, 5.74) is 13.6. The van der Waals surface area contributed by atoms with Crippen LogP contribution < -0.4 is 0 Å². The summed E-state index contributed by atoms with van der Waals surface area (Å²) in [5.74, 6) is 0. The highest BCUT2D eigenvalue weighted by Gasteiger charge is 2.21. The Morgan fingerprint density at radius 2 is 0.882 bits per heavy atom. The molecule has 0 saturated heterocycles. The van der Waals surface area contributed by atoms with Crippen LogP contribution in [0.25, 0.3) is 99.2 Å². The van der Waals surface area contributed by atoms with Gasteiger partial charge in [-0.25, -0.2) is 0 Å². The SMILES string of the molecule is c1ccc(-c2cccc(-n3c4ccccc4c4ccc5c(c6ccccc6n5-c5cccc(-c6ccc7c(c6)oc6ccccc67)c5)c43)c2)cc1. The molecule has 8 aromatic carbocycles. The molecule has 3 heteroatoms. The Kier molecular flexibility index (Phi) is 5.96. The minimum Gasteiger partial charge on any atom is -0.456 e. The highest BCUT2D eigenvalue weighted by molar-refractivity contribution is 6.26. The monoisotopic (exact) mass is 650 g/mol. The zero-order valence-electron chi connectivity index (χ0n) is 27.6. The standard InChI is InChI=1S/C48H30N2O/c1-2-12-31(13-3-1)32-14-10-17-36(28-32)50-42-21-7-4-18-37(42)40-26-27-44-47(48(40)50)41-20-5-8-22-43(41)49(44)35-16-11-15-33(29-35)34-24-25-39-38-19-6-9-23-45(38)51-46(39)30-34/h1-30H. The minimum absolute atomic E-state index is 0.905. The second-order valence-electron chi connectivity index (χ2n) is 13.3. The maximum Gasteiger partial charge on any atom is 0.136 e. The van der Waals surface area contributed by atoms with Gasteiger partial charge in [0.1, 0.15) is 11.2 Å². The fourth-order valence-corrected chi connectivity index (χ4v) is 8.24. The molecular formula is C48H30N2O. The summed E-state index contributed by atoms with van der Waals surface area (Å²) in [5, 5.41) is 7.27. The van der Waals surface area contributed by atoms with Gasteiger partial charge in [0.2, 0.25) is 0 Å². The van der Waals surface area contributed by atoms with Crippen LogP contribution in [0.3, 0.4) is 0 Å². The van der Waals surface area contributed by atoms with Crippen molar-refractivity contribution >= 4 is 65.6 Å². The molecule has 51 heavy (non-hydrogen) atoms. The number of hydrogen-bond donors (Lipinski definition) is 0. The topological polar surface area (TPSA) is 23.0 Å². The molecule has 0 aliphatic heterocycles. The van der Waals surface area contributed by atoms with Crippen molar-refractivity contribution in [2.24, 2.45) is 0 Å². The Morgan fingerprint density at radius 3 is 1.69 bits per heavy atom. The molecule has 0 unspecified atom stereocenters. The van der Waals surface area contributed by atoms with Gasteiger partial charge in [0.05, 0.1) is 22.1 Å². The van der Waals surface area contributed by atoms with Gasteiger partial charge in [-0.05, 0) is 82.9 Å². The lowest BCUT2D eigenvalue weighted by Crippen LogP contribution is -1.96. The first-order chi connectivity index (χ1) is 25.3. The first kappa shape index (κ1) is 28.0. The Balaban J connectivity index is 1.16. The number of aromatic nitrogens is 2. The maximum absolute atomic E-state index is 6.27. The van der Waals surface area contributed by atoms with E-state index in [4.69, 9.17) is 4.42 Å². The van der Waals surface area contributed by atoms with E-state index in [-0.39, 0.29) is 0 Å². The molecule has 3 nitrogen and oxygen atoms in total. The lowest BCUT2D eigenvalue weighted by Gasteiger charge is -2.12. The van der Waals surface area contributed by atoms with E-state index < -0.39 is 0 Å². The number of nitrogens with zero attached hydrogens (tertiary/aromatic N) is 2. The molecule has 0 aliphatic carbocycles. The van der Waals surface area contributed by atoms with Crippen molar-refractivity contribution < 1.29 is 4.42 Å². The largest absolute Gasteiger partial charge is 0.456 e. The van der Waals surface area contributed by atoms with E-state index in [1.165, 1.54) is 54.7 Å². The minimum atomic E-state index is 0.905. The van der Waals surface area contributed by atoms with Crippen molar-refractivity contribution in [2.75, 3.05) is 0 Å². The summed E-state index contributed by atoms with van der Waals surface area (Å²) in [7, 11) is 0. The molecule has 0 radical (unpaired) electrons. The quantitative estimate of drug-likeness (QED) is 0.186.